The SMILES string of the molecule is CC(C)[C@H]1CC[C@@H](N2CCC(n3cc(/C=N\O)c4ccccc43)CC2)CC1. The molecule has 0 atom stereocenters. The Morgan fingerprint density at radius 3 is 2.37 bits per heavy atom. The van der Waals surface area contributed by atoms with Gasteiger partial charge >= 0.3 is 0 Å². The van der Waals surface area contributed by atoms with Crippen LogP contribution in [0.1, 0.15) is 64.0 Å². The number of para-hydroxylation sites is 1. The average Bonchev–Trinajstić information content (AvgIpc) is 3.07. The van der Waals surface area contributed by atoms with Crippen LogP contribution < -0.4 is 0 Å². The van der Waals surface area contributed by atoms with Crippen molar-refractivity contribution >= 4 is 17.1 Å². The van der Waals surface area contributed by atoms with Gasteiger partial charge in [0.2, 0.25) is 0 Å². The van der Waals surface area contributed by atoms with E-state index in [0.717, 1.165) is 23.4 Å². The third-order valence-corrected chi connectivity index (χ3v) is 7.06. The van der Waals surface area contributed by atoms with Crippen LogP contribution in [0.2, 0.25) is 0 Å². The van der Waals surface area contributed by atoms with Crippen molar-refractivity contribution in [1.29, 1.82) is 0 Å². The molecule has 1 saturated heterocycles. The largest absolute Gasteiger partial charge is 0.411 e. The second-order valence-electron chi connectivity index (χ2n) is 8.83. The number of likely N-dealkylation sites (tertiary alicyclic amines) is 1. The van der Waals surface area contributed by atoms with Crippen LogP contribution in [0.3, 0.4) is 0 Å². The van der Waals surface area contributed by atoms with E-state index in [0.29, 0.717) is 6.04 Å². The Morgan fingerprint density at radius 1 is 1.00 bits per heavy atom. The van der Waals surface area contributed by atoms with E-state index < -0.39 is 0 Å². The zero-order chi connectivity index (χ0) is 18.8. The van der Waals surface area contributed by atoms with Gasteiger partial charge in [-0.15, -0.1) is 0 Å². The summed E-state index contributed by atoms with van der Waals surface area (Å²) < 4.78 is 2.42. The third-order valence-electron chi connectivity index (χ3n) is 7.06. The summed E-state index contributed by atoms with van der Waals surface area (Å²) in [5.74, 6) is 1.78. The highest BCUT2D eigenvalue weighted by atomic mass is 16.4. The van der Waals surface area contributed by atoms with E-state index in [9.17, 15) is 0 Å². The number of aromatic nitrogens is 1. The van der Waals surface area contributed by atoms with Crippen LogP contribution in [0, 0.1) is 11.8 Å². The monoisotopic (exact) mass is 367 g/mol. The van der Waals surface area contributed by atoms with E-state index in [1.165, 1.54) is 62.5 Å². The summed E-state index contributed by atoms with van der Waals surface area (Å²) in [4.78, 5) is 2.76. The lowest BCUT2D eigenvalue weighted by atomic mass is 9.79. The lowest BCUT2D eigenvalue weighted by molar-refractivity contribution is 0.0894. The Hall–Kier alpha value is -1.81. The maximum Gasteiger partial charge on any atom is 0.0755 e. The molecule has 2 aliphatic rings. The number of piperidine rings is 1. The van der Waals surface area contributed by atoms with Gasteiger partial charge in [-0.05, 0) is 56.4 Å². The number of nitrogens with zero attached hydrogens (tertiary/aromatic N) is 3. The van der Waals surface area contributed by atoms with Crippen LogP contribution in [0.25, 0.3) is 10.9 Å². The average molecular weight is 368 g/mol. The van der Waals surface area contributed by atoms with Crippen molar-refractivity contribution in [3.63, 3.8) is 0 Å². The van der Waals surface area contributed by atoms with Crippen molar-refractivity contribution in [3.05, 3.63) is 36.0 Å². The van der Waals surface area contributed by atoms with Gasteiger partial charge < -0.3 is 14.7 Å². The molecule has 1 N–H and O–H groups in total. The van der Waals surface area contributed by atoms with Gasteiger partial charge in [-0.25, -0.2) is 0 Å². The maximum atomic E-state index is 8.98. The van der Waals surface area contributed by atoms with E-state index in [4.69, 9.17) is 5.21 Å². The summed E-state index contributed by atoms with van der Waals surface area (Å²) in [6, 6.07) is 9.80. The fourth-order valence-corrected chi connectivity index (χ4v) is 5.36. The molecule has 1 aliphatic carbocycles. The summed E-state index contributed by atoms with van der Waals surface area (Å²) in [6.07, 6.45) is 11.7. The Kier molecular flexibility index (Phi) is 5.53. The van der Waals surface area contributed by atoms with Gasteiger partial charge in [0.05, 0.1) is 6.21 Å². The summed E-state index contributed by atoms with van der Waals surface area (Å²) in [5.41, 5.74) is 2.26. The molecule has 4 rings (SSSR count). The van der Waals surface area contributed by atoms with Gasteiger partial charge in [-0.3, -0.25) is 0 Å². The van der Waals surface area contributed by atoms with E-state index in [1.807, 2.05) is 0 Å². The van der Waals surface area contributed by atoms with Crippen molar-refractivity contribution < 1.29 is 5.21 Å². The fraction of sp³-hybridized carbons (Fsp3) is 0.609. The number of hydrogen-bond donors (Lipinski definition) is 1. The molecular formula is C23H33N3O. The molecule has 27 heavy (non-hydrogen) atoms. The number of oxime groups is 1. The molecule has 0 spiro atoms. The summed E-state index contributed by atoms with van der Waals surface area (Å²) in [6.45, 7) is 7.18. The molecule has 4 nitrogen and oxygen atoms in total. The van der Waals surface area contributed by atoms with Crippen molar-refractivity contribution in [2.24, 2.45) is 17.0 Å². The van der Waals surface area contributed by atoms with E-state index in [-0.39, 0.29) is 0 Å². The van der Waals surface area contributed by atoms with Crippen molar-refractivity contribution in [3.8, 4) is 0 Å². The quantitative estimate of drug-likeness (QED) is 0.452. The highest BCUT2D eigenvalue weighted by Gasteiger charge is 2.30. The van der Waals surface area contributed by atoms with Crippen LogP contribution in [0.4, 0.5) is 0 Å². The van der Waals surface area contributed by atoms with Gasteiger partial charge in [0.15, 0.2) is 0 Å². The summed E-state index contributed by atoms with van der Waals surface area (Å²) in [7, 11) is 0. The van der Waals surface area contributed by atoms with E-state index >= 15 is 0 Å². The van der Waals surface area contributed by atoms with Gasteiger partial charge in [0, 0.05) is 47.8 Å². The minimum atomic E-state index is 0.541. The fourth-order valence-electron chi connectivity index (χ4n) is 5.36. The molecule has 1 aromatic heterocycles. The Morgan fingerprint density at radius 2 is 1.70 bits per heavy atom. The summed E-state index contributed by atoms with van der Waals surface area (Å²) in [5, 5.41) is 13.4. The highest BCUT2D eigenvalue weighted by molar-refractivity contribution is 5.99. The molecule has 0 amide bonds. The van der Waals surface area contributed by atoms with Crippen molar-refractivity contribution in [2.75, 3.05) is 13.1 Å². The van der Waals surface area contributed by atoms with Crippen LogP contribution in [0.5, 0.6) is 0 Å². The maximum absolute atomic E-state index is 8.98. The zero-order valence-electron chi connectivity index (χ0n) is 16.7. The lowest BCUT2D eigenvalue weighted by Gasteiger charge is -2.42. The topological polar surface area (TPSA) is 40.8 Å². The minimum Gasteiger partial charge on any atom is -0.411 e. The third kappa shape index (κ3) is 3.77. The molecular weight excluding hydrogens is 334 g/mol. The van der Waals surface area contributed by atoms with Crippen LogP contribution in [0.15, 0.2) is 35.6 Å². The first kappa shape index (κ1) is 18.5. The van der Waals surface area contributed by atoms with Crippen molar-refractivity contribution in [1.82, 2.24) is 9.47 Å². The molecule has 146 valence electrons. The zero-order valence-corrected chi connectivity index (χ0v) is 16.7. The number of hydrogen-bond acceptors (Lipinski definition) is 3. The molecule has 2 heterocycles. The normalized spacial score (nSPS) is 25.7. The molecule has 1 aromatic carbocycles. The van der Waals surface area contributed by atoms with Gasteiger partial charge in [0.1, 0.15) is 0 Å². The molecule has 0 unspecified atom stereocenters. The number of fused-ring (bicyclic) bond motifs is 1. The second kappa shape index (κ2) is 8.05. The first-order chi connectivity index (χ1) is 13.2. The molecule has 0 bridgehead atoms. The molecule has 4 heteroatoms. The Bertz CT molecular complexity index is 778. The predicted octanol–water partition coefficient (Wildman–Crippen LogP) is 5.30. The predicted molar refractivity (Wildman–Crippen MR) is 112 cm³/mol. The molecule has 1 saturated carbocycles. The lowest BCUT2D eigenvalue weighted by Crippen LogP contribution is -2.43. The molecule has 2 aromatic rings. The standard InChI is InChI=1S/C23H33N3O/c1-17(2)18-7-9-20(10-8-18)25-13-11-21(12-14-25)26-16-19(15-24-27)22-5-3-4-6-23(22)26/h3-6,15-18,20-21,27H,7-14H2,1-2H3/b24-15-/t18-,20+. The van der Waals surface area contributed by atoms with Gasteiger partial charge in [-0.1, -0.05) is 37.2 Å². The minimum absolute atomic E-state index is 0.541. The van der Waals surface area contributed by atoms with Crippen LogP contribution >= 0.6 is 0 Å². The van der Waals surface area contributed by atoms with Crippen LogP contribution in [-0.4, -0.2) is 40.0 Å². The van der Waals surface area contributed by atoms with Gasteiger partial charge in [-0.2, -0.15) is 0 Å². The first-order valence-electron chi connectivity index (χ1n) is 10.7. The molecule has 1 aliphatic heterocycles. The smallest absolute Gasteiger partial charge is 0.0755 e. The van der Waals surface area contributed by atoms with Crippen molar-refractivity contribution in [2.45, 2.75) is 64.5 Å². The van der Waals surface area contributed by atoms with E-state index in [2.05, 4.69) is 58.9 Å². The Balaban J connectivity index is 1.42. The number of benzene rings is 1. The molecule has 0 radical (unpaired) electrons. The molecule has 2 fully saturated rings. The first-order valence-corrected chi connectivity index (χ1v) is 10.7. The summed E-state index contributed by atoms with van der Waals surface area (Å²) >= 11 is 0. The number of rotatable bonds is 4. The highest BCUT2D eigenvalue weighted by Crippen LogP contribution is 2.35. The van der Waals surface area contributed by atoms with Crippen LogP contribution in [-0.2, 0) is 0 Å². The Labute approximate surface area is 162 Å². The van der Waals surface area contributed by atoms with Gasteiger partial charge in [0.25, 0.3) is 0 Å². The second-order valence-corrected chi connectivity index (χ2v) is 8.83. The van der Waals surface area contributed by atoms with E-state index in [1.54, 1.807) is 6.21 Å².